The van der Waals surface area contributed by atoms with E-state index in [9.17, 15) is 24.5 Å². The molecule has 0 saturated carbocycles. The Morgan fingerprint density at radius 1 is 1.14 bits per heavy atom. The van der Waals surface area contributed by atoms with Crippen molar-refractivity contribution in [2.24, 2.45) is 0 Å². The average molecular weight is 524 g/mol. The average Bonchev–Trinajstić information content (AvgIpc) is 3.38. The first-order valence-corrected chi connectivity index (χ1v) is 12.6. The summed E-state index contributed by atoms with van der Waals surface area (Å²) in [5, 5.41) is 12.3. The highest BCUT2D eigenvalue weighted by Gasteiger charge is 2.38. The highest BCUT2D eigenvalue weighted by Crippen LogP contribution is 2.20. The molecule has 1 aliphatic rings. The van der Waals surface area contributed by atoms with Crippen LogP contribution in [0.1, 0.15) is 45.1 Å². The summed E-state index contributed by atoms with van der Waals surface area (Å²) in [6, 6.07) is 7.70. The number of carbonyl (C=O) groups excluding carboxylic acids is 3. The zero-order chi connectivity index (χ0) is 27.0. The molecule has 37 heavy (non-hydrogen) atoms. The van der Waals surface area contributed by atoms with Crippen LogP contribution in [0.2, 0.25) is 0 Å². The van der Waals surface area contributed by atoms with Crippen molar-refractivity contribution in [3.63, 3.8) is 0 Å². The molecule has 0 aromatic heterocycles. The lowest BCUT2D eigenvalue weighted by Crippen LogP contribution is -2.53. The van der Waals surface area contributed by atoms with Gasteiger partial charge < -0.3 is 23.9 Å². The van der Waals surface area contributed by atoms with E-state index in [1.54, 1.807) is 13.8 Å². The van der Waals surface area contributed by atoms with E-state index < -0.39 is 35.2 Å². The maximum absolute atomic E-state index is 13.2. The van der Waals surface area contributed by atoms with Gasteiger partial charge in [0.1, 0.15) is 18.7 Å². The number of ether oxygens (including phenoxy) is 3. The Morgan fingerprint density at radius 2 is 1.89 bits per heavy atom. The van der Waals surface area contributed by atoms with Gasteiger partial charge in [-0.25, -0.2) is 4.79 Å². The minimum absolute atomic E-state index is 0.0584. The quantitative estimate of drug-likeness (QED) is 0.138. The maximum atomic E-state index is 13.2. The summed E-state index contributed by atoms with van der Waals surface area (Å²) in [6.45, 7) is 4.33. The van der Waals surface area contributed by atoms with Gasteiger partial charge in [0.25, 0.3) is 5.09 Å². The summed E-state index contributed by atoms with van der Waals surface area (Å²) in [5.41, 5.74) is 1.08. The van der Waals surface area contributed by atoms with Crippen LogP contribution in [0.25, 0.3) is 0 Å². The lowest BCUT2D eigenvalue weighted by Gasteiger charge is -2.28. The Bertz CT molecular complexity index is 868. The zero-order valence-corrected chi connectivity index (χ0v) is 21.5. The van der Waals surface area contributed by atoms with Gasteiger partial charge in [0.05, 0.1) is 25.9 Å². The molecule has 12 heteroatoms. The normalized spacial score (nSPS) is 16.6. The number of hydrogen-bond donors (Lipinski definition) is 1. The van der Waals surface area contributed by atoms with Gasteiger partial charge in [0, 0.05) is 19.6 Å². The van der Waals surface area contributed by atoms with Crippen LogP contribution in [-0.2, 0) is 39.9 Å². The Labute approximate surface area is 216 Å². The predicted octanol–water partition coefficient (Wildman–Crippen LogP) is 1.68. The molecule has 3 atom stereocenters. The second kappa shape index (κ2) is 16.5. The molecule has 1 N–H and O–H groups in total. The van der Waals surface area contributed by atoms with Gasteiger partial charge in [-0.1, -0.05) is 30.3 Å². The number of aryl methyl sites for hydroxylation is 1. The molecule has 1 heterocycles. The van der Waals surface area contributed by atoms with Crippen molar-refractivity contribution in [3.05, 3.63) is 46.0 Å². The maximum Gasteiger partial charge on any atom is 0.328 e. The van der Waals surface area contributed by atoms with Gasteiger partial charge >= 0.3 is 11.9 Å². The number of carbonyl (C=O) groups is 3. The molecule has 12 nitrogen and oxygen atoms in total. The third-order valence-corrected chi connectivity index (χ3v) is 5.87. The molecule has 2 rings (SSSR count). The third kappa shape index (κ3) is 10.7. The summed E-state index contributed by atoms with van der Waals surface area (Å²) >= 11 is 0. The van der Waals surface area contributed by atoms with Gasteiger partial charge in [0.15, 0.2) is 0 Å². The van der Waals surface area contributed by atoms with Crippen molar-refractivity contribution in [2.45, 2.75) is 64.1 Å². The number of nitrogens with one attached hydrogen (secondary N) is 1. The smallest absolute Gasteiger partial charge is 0.328 e. The number of benzene rings is 1. The molecule has 0 bridgehead atoms. The fourth-order valence-electron chi connectivity index (χ4n) is 4.07. The van der Waals surface area contributed by atoms with Crippen molar-refractivity contribution in [1.29, 1.82) is 0 Å². The molecule has 206 valence electrons. The van der Waals surface area contributed by atoms with Crippen molar-refractivity contribution in [1.82, 2.24) is 10.2 Å². The number of hydrogen-bond acceptors (Lipinski definition) is 10. The first-order valence-electron chi connectivity index (χ1n) is 12.6. The first kappa shape index (κ1) is 30.0. The topological polar surface area (TPSA) is 147 Å². The molecule has 0 spiro atoms. The van der Waals surface area contributed by atoms with E-state index in [2.05, 4.69) is 10.2 Å². The van der Waals surface area contributed by atoms with E-state index in [1.165, 1.54) is 4.90 Å². The zero-order valence-electron chi connectivity index (χ0n) is 21.5. The van der Waals surface area contributed by atoms with Crippen LogP contribution in [0.5, 0.6) is 0 Å². The summed E-state index contributed by atoms with van der Waals surface area (Å²) in [5.74, 6) is -1.18. The highest BCUT2D eigenvalue weighted by atomic mass is 17.0. The highest BCUT2D eigenvalue weighted by molar-refractivity contribution is 5.88. The lowest BCUT2D eigenvalue weighted by atomic mass is 10.0. The van der Waals surface area contributed by atoms with Crippen molar-refractivity contribution >= 4 is 17.8 Å². The fraction of sp³-hybridized carbons (Fsp3) is 0.640. The van der Waals surface area contributed by atoms with E-state index in [0.717, 1.165) is 5.56 Å². The van der Waals surface area contributed by atoms with Crippen LogP contribution in [0.4, 0.5) is 0 Å². The van der Waals surface area contributed by atoms with E-state index in [4.69, 9.17) is 14.2 Å². The molecule has 1 fully saturated rings. The van der Waals surface area contributed by atoms with Gasteiger partial charge in [-0.15, -0.1) is 10.1 Å². The summed E-state index contributed by atoms with van der Waals surface area (Å²) < 4.78 is 15.7. The van der Waals surface area contributed by atoms with E-state index in [0.29, 0.717) is 38.6 Å². The predicted molar refractivity (Wildman–Crippen MR) is 132 cm³/mol. The van der Waals surface area contributed by atoms with Gasteiger partial charge in [-0.2, -0.15) is 0 Å². The molecule has 1 saturated heterocycles. The lowest BCUT2D eigenvalue weighted by molar-refractivity contribution is -0.758. The first-order chi connectivity index (χ1) is 17.8. The Morgan fingerprint density at radius 3 is 2.59 bits per heavy atom. The molecule has 0 aliphatic carbocycles. The number of likely N-dealkylation sites (tertiary alicyclic amines) is 1. The Hall–Kier alpha value is -3.25. The van der Waals surface area contributed by atoms with Gasteiger partial charge in [0.2, 0.25) is 5.91 Å². The van der Waals surface area contributed by atoms with Crippen molar-refractivity contribution in [2.75, 3.05) is 39.6 Å². The van der Waals surface area contributed by atoms with Crippen LogP contribution in [0, 0.1) is 10.1 Å². The molecule has 1 aromatic carbocycles. The van der Waals surface area contributed by atoms with Crippen molar-refractivity contribution < 1.29 is 38.5 Å². The number of amides is 1. The van der Waals surface area contributed by atoms with E-state index >= 15 is 0 Å². The van der Waals surface area contributed by atoms with Crippen LogP contribution in [0.3, 0.4) is 0 Å². The molecule has 0 radical (unpaired) electrons. The largest absolute Gasteiger partial charge is 0.465 e. The number of rotatable bonds is 17. The molecule has 1 amide bonds. The summed E-state index contributed by atoms with van der Waals surface area (Å²) in [6.07, 6.45) is 2.69. The monoisotopic (exact) mass is 523 g/mol. The second-order valence-corrected chi connectivity index (χ2v) is 8.60. The Kier molecular flexibility index (Phi) is 13.4. The van der Waals surface area contributed by atoms with Crippen LogP contribution >= 0.6 is 0 Å². The fourth-order valence-corrected chi connectivity index (χ4v) is 4.07. The van der Waals surface area contributed by atoms with Gasteiger partial charge in [-0.05, 0) is 45.1 Å². The van der Waals surface area contributed by atoms with Gasteiger partial charge in [-0.3, -0.25) is 14.9 Å². The minimum Gasteiger partial charge on any atom is -0.465 e. The van der Waals surface area contributed by atoms with Crippen molar-refractivity contribution in [3.8, 4) is 0 Å². The third-order valence-electron chi connectivity index (χ3n) is 5.87. The molecule has 3 unspecified atom stereocenters. The Balaban J connectivity index is 1.82. The standard InChI is InChI=1S/C25H37N3O9/c1-3-35-24(30)21(13-12-20-9-5-4-6-10-20)26-19(2)23(29)27-14-7-11-22(27)25(31)36-16-8-15-34-17-18-37-28(32)33/h4-6,9-10,19,21-22,26H,3,7-8,11-18H2,1-2H3. The molecular formula is C25H37N3O9. The molecule has 1 aromatic rings. The van der Waals surface area contributed by atoms with Crippen LogP contribution < -0.4 is 5.32 Å². The second-order valence-electron chi connectivity index (χ2n) is 8.60. The van der Waals surface area contributed by atoms with E-state index in [1.807, 2.05) is 30.3 Å². The molecule has 1 aliphatic heterocycles. The van der Waals surface area contributed by atoms with Crippen LogP contribution in [0.15, 0.2) is 30.3 Å². The number of nitrogens with zero attached hydrogens (tertiary/aromatic N) is 2. The van der Waals surface area contributed by atoms with E-state index in [-0.39, 0.29) is 38.9 Å². The number of esters is 2. The van der Waals surface area contributed by atoms with Crippen LogP contribution in [-0.4, -0.2) is 85.5 Å². The summed E-state index contributed by atoms with van der Waals surface area (Å²) in [7, 11) is 0. The summed E-state index contributed by atoms with van der Waals surface area (Å²) in [4.78, 5) is 54.1. The molecular weight excluding hydrogens is 486 g/mol. The minimum atomic E-state index is -0.891. The SMILES string of the molecule is CCOC(=O)C(CCc1ccccc1)NC(C)C(=O)N1CCCC1C(=O)OCCCOCCO[N+](=O)[O-].